The summed E-state index contributed by atoms with van der Waals surface area (Å²) in [4.78, 5) is 28.7. The fourth-order valence-corrected chi connectivity index (χ4v) is 7.16. The van der Waals surface area contributed by atoms with E-state index >= 15 is 0 Å². The number of aryl methyl sites for hydroxylation is 1. The first-order valence-corrected chi connectivity index (χ1v) is 16.4. The number of hydrogen-bond donors (Lipinski definition) is 1. The highest BCUT2D eigenvalue weighted by atomic mass is 35.5. The van der Waals surface area contributed by atoms with Crippen molar-refractivity contribution in [2.24, 2.45) is 0 Å². The molecule has 0 aromatic heterocycles. The van der Waals surface area contributed by atoms with Gasteiger partial charge < -0.3 is 10.2 Å². The molecule has 4 rings (SSSR count). The third-order valence-electron chi connectivity index (χ3n) is 7.29. The smallest absolute Gasteiger partial charge is 0.264 e. The van der Waals surface area contributed by atoms with Gasteiger partial charge in [0, 0.05) is 27.7 Å². The van der Waals surface area contributed by atoms with E-state index in [-0.39, 0.29) is 39.1 Å². The highest BCUT2D eigenvalue weighted by Crippen LogP contribution is 2.33. The average Bonchev–Trinajstić information content (AvgIpc) is 3.45. The van der Waals surface area contributed by atoms with Crippen LogP contribution in [0.15, 0.2) is 65.6 Å². The van der Waals surface area contributed by atoms with Crippen molar-refractivity contribution in [3.63, 3.8) is 0 Å². The van der Waals surface area contributed by atoms with E-state index in [1.807, 2.05) is 6.92 Å². The van der Waals surface area contributed by atoms with Gasteiger partial charge in [0.1, 0.15) is 12.6 Å². The van der Waals surface area contributed by atoms with Crippen molar-refractivity contribution in [1.82, 2.24) is 10.2 Å². The minimum absolute atomic E-state index is 0.0275. The second-order valence-corrected chi connectivity index (χ2v) is 13.9. The maximum atomic E-state index is 14.1. The lowest BCUT2D eigenvalue weighted by atomic mass is 10.1. The molecule has 3 aromatic rings. The molecule has 1 aliphatic rings. The Hall–Kier alpha value is -2.49. The first kappa shape index (κ1) is 32.4. The zero-order valence-corrected chi connectivity index (χ0v) is 27.0. The zero-order valence-electron chi connectivity index (χ0n) is 23.1. The highest BCUT2D eigenvalue weighted by molar-refractivity contribution is 7.92. The van der Waals surface area contributed by atoms with Crippen LogP contribution in [0.5, 0.6) is 0 Å². The van der Waals surface area contributed by atoms with Crippen LogP contribution in [0, 0.1) is 6.92 Å². The van der Waals surface area contributed by atoms with E-state index in [4.69, 9.17) is 46.4 Å². The summed E-state index contributed by atoms with van der Waals surface area (Å²) in [7, 11) is -4.29. The van der Waals surface area contributed by atoms with Gasteiger partial charge in [0.15, 0.2) is 0 Å². The number of carbonyl (C=O) groups excluding carboxylic acids is 2. The normalized spacial score (nSPS) is 14.4. The second-order valence-electron chi connectivity index (χ2n) is 10.3. The van der Waals surface area contributed by atoms with E-state index in [2.05, 4.69) is 5.32 Å². The molecule has 0 heterocycles. The summed E-state index contributed by atoms with van der Waals surface area (Å²) in [6.45, 7) is 2.73. The number of anilines is 1. The zero-order chi connectivity index (χ0) is 30.6. The Kier molecular flexibility index (Phi) is 10.7. The number of rotatable bonds is 10. The van der Waals surface area contributed by atoms with Gasteiger partial charge >= 0.3 is 0 Å². The molecule has 1 N–H and O–H groups in total. The molecule has 3 aromatic carbocycles. The summed E-state index contributed by atoms with van der Waals surface area (Å²) in [5.74, 6) is -0.976. The van der Waals surface area contributed by atoms with Gasteiger partial charge in [0.25, 0.3) is 10.0 Å². The van der Waals surface area contributed by atoms with Gasteiger partial charge in [0.05, 0.1) is 15.6 Å². The van der Waals surface area contributed by atoms with E-state index in [0.29, 0.717) is 15.6 Å². The second kappa shape index (κ2) is 13.9. The monoisotopic (exact) mass is 669 g/mol. The number of benzene rings is 3. The van der Waals surface area contributed by atoms with Crippen LogP contribution in [0.1, 0.15) is 43.7 Å². The molecule has 1 atom stereocenters. The molecule has 7 nitrogen and oxygen atoms in total. The lowest BCUT2D eigenvalue weighted by molar-refractivity contribution is -0.139. The quantitative estimate of drug-likeness (QED) is 0.246. The van der Waals surface area contributed by atoms with E-state index < -0.39 is 28.5 Å². The van der Waals surface area contributed by atoms with Gasteiger partial charge in [-0.05, 0) is 74.7 Å². The number of amides is 2. The van der Waals surface area contributed by atoms with Crippen LogP contribution >= 0.6 is 46.4 Å². The van der Waals surface area contributed by atoms with Crippen molar-refractivity contribution in [2.75, 3.05) is 10.8 Å². The van der Waals surface area contributed by atoms with Crippen molar-refractivity contribution in [2.45, 2.75) is 63.1 Å². The van der Waals surface area contributed by atoms with E-state index in [1.165, 1.54) is 35.2 Å². The molecule has 12 heteroatoms. The maximum Gasteiger partial charge on any atom is 0.264 e. The van der Waals surface area contributed by atoms with Crippen LogP contribution in [0.25, 0.3) is 0 Å². The topological polar surface area (TPSA) is 86.8 Å². The summed E-state index contributed by atoms with van der Waals surface area (Å²) < 4.78 is 28.9. The van der Waals surface area contributed by atoms with Crippen molar-refractivity contribution in [3.8, 4) is 0 Å². The Bertz CT molecular complexity index is 1560. The number of halogens is 4. The van der Waals surface area contributed by atoms with Crippen LogP contribution in [-0.2, 0) is 26.2 Å². The highest BCUT2D eigenvalue weighted by Gasteiger charge is 2.34. The lowest BCUT2D eigenvalue weighted by Crippen LogP contribution is -2.52. The summed E-state index contributed by atoms with van der Waals surface area (Å²) in [6.07, 6.45) is 3.78. The first-order chi connectivity index (χ1) is 19.9. The Morgan fingerprint density at radius 1 is 0.905 bits per heavy atom. The Labute approximate surface area is 266 Å². The molecule has 0 bridgehead atoms. The molecule has 0 radical (unpaired) electrons. The predicted octanol–water partition coefficient (Wildman–Crippen LogP) is 7.28. The van der Waals surface area contributed by atoms with Crippen molar-refractivity contribution < 1.29 is 18.0 Å². The number of carbonyl (C=O) groups is 2. The summed E-state index contributed by atoms with van der Waals surface area (Å²) in [5.41, 5.74) is 1.44. The van der Waals surface area contributed by atoms with Gasteiger partial charge in [-0.25, -0.2) is 8.42 Å². The molecule has 1 fully saturated rings. The molecular weight excluding hydrogens is 640 g/mol. The van der Waals surface area contributed by atoms with Crippen LogP contribution < -0.4 is 9.62 Å². The van der Waals surface area contributed by atoms with Crippen molar-refractivity contribution in [1.29, 1.82) is 0 Å². The fraction of sp³-hybridized carbons (Fsp3) is 0.333. The largest absolute Gasteiger partial charge is 0.352 e. The SMILES string of the molecule is Cc1ccc(S(=O)(=O)N(CC(=O)N(Cc2ccc(Cl)cc2Cl)[C@H](C)C(=O)NC2CCCC2)c2cc(Cl)ccc2Cl)cc1. The number of nitrogens with one attached hydrogen (secondary N) is 1. The molecule has 42 heavy (non-hydrogen) atoms. The summed E-state index contributed by atoms with van der Waals surface area (Å²) >= 11 is 25.2. The van der Waals surface area contributed by atoms with E-state index in [9.17, 15) is 18.0 Å². The number of sulfonamides is 1. The minimum atomic E-state index is -4.29. The van der Waals surface area contributed by atoms with Gasteiger partial charge in [0.2, 0.25) is 11.8 Å². The average molecular weight is 671 g/mol. The van der Waals surface area contributed by atoms with Crippen molar-refractivity contribution in [3.05, 3.63) is 91.9 Å². The number of hydrogen-bond acceptors (Lipinski definition) is 4. The Morgan fingerprint density at radius 2 is 1.52 bits per heavy atom. The molecular formula is C30H31Cl4N3O4S. The standard InChI is InChI=1S/C30H31Cl4N3O4S/c1-19-7-12-25(13-8-19)42(40,41)37(28-16-23(32)11-14-26(28)33)18-29(38)36(17-21-9-10-22(31)15-27(21)34)20(2)30(39)35-24-5-3-4-6-24/h7-16,20,24H,3-6,17-18H2,1-2H3,(H,35,39)/t20-/m1/s1. The van der Waals surface area contributed by atoms with Gasteiger partial charge in [-0.3, -0.25) is 13.9 Å². The fourth-order valence-electron chi connectivity index (χ4n) is 4.84. The minimum Gasteiger partial charge on any atom is -0.352 e. The third kappa shape index (κ3) is 7.71. The van der Waals surface area contributed by atoms with E-state index in [1.54, 1.807) is 37.3 Å². The predicted molar refractivity (Wildman–Crippen MR) is 169 cm³/mol. The Balaban J connectivity index is 1.73. The summed E-state index contributed by atoms with van der Waals surface area (Å²) in [6, 6.07) is 14.6. The van der Waals surface area contributed by atoms with Gasteiger partial charge in [-0.2, -0.15) is 0 Å². The van der Waals surface area contributed by atoms with Gasteiger partial charge in [-0.1, -0.05) is 83.0 Å². The van der Waals surface area contributed by atoms with Crippen LogP contribution in [0.2, 0.25) is 20.1 Å². The molecule has 224 valence electrons. The molecule has 0 aliphatic heterocycles. The molecule has 1 aliphatic carbocycles. The first-order valence-electron chi connectivity index (χ1n) is 13.4. The molecule has 0 spiro atoms. The molecule has 2 amide bonds. The van der Waals surface area contributed by atoms with Crippen LogP contribution in [-0.4, -0.2) is 43.8 Å². The van der Waals surface area contributed by atoms with E-state index in [0.717, 1.165) is 35.6 Å². The van der Waals surface area contributed by atoms with Gasteiger partial charge in [-0.15, -0.1) is 0 Å². The lowest BCUT2D eigenvalue weighted by Gasteiger charge is -2.33. The van der Waals surface area contributed by atoms with Crippen LogP contribution in [0.4, 0.5) is 5.69 Å². The number of nitrogens with zero attached hydrogens (tertiary/aromatic N) is 2. The molecule has 0 saturated heterocycles. The summed E-state index contributed by atoms with van der Waals surface area (Å²) in [5, 5.41) is 4.08. The maximum absolute atomic E-state index is 14.1. The third-order valence-corrected chi connectivity index (χ3v) is 10.2. The van der Waals surface area contributed by atoms with Crippen molar-refractivity contribution >= 4 is 73.9 Å². The Morgan fingerprint density at radius 3 is 2.17 bits per heavy atom. The van der Waals surface area contributed by atoms with Crippen LogP contribution in [0.3, 0.4) is 0 Å². The molecule has 1 saturated carbocycles. The molecule has 0 unspecified atom stereocenters.